The first kappa shape index (κ1) is 25.5. The number of aromatic amines is 1. The van der Waals surface area contributed by atoms with Gasteiger partial charge in [-0.1, -0.05) is 60.9 Å². The van der Waals surface area contributed by atoms with Crippen molar-refractivity contribution in [3.8, 4) is 0 Å². The highest BCUT2D eigenvalue weighted by molar-refractivity contribution is 7.99. The number of hydrogen-bond donors (Lipinski definition) is 3. The molecular weight excluding hydrogens is 503 g/mol. The quantitative estimate of drug-likeness (QED) is 0.206. The number of anilines is 1. The van der Waals surface area contributed by atoms with E-state index in [1.165, 1.54) is 30.3 Å². The molecule has 34 heavy (non-hydrogen) atoms. The van der Waals surface area contributed by atoms with Crippen molar-refractivity contribution < 1.29 is 14.5 Å². The van der Waals surface area contributed by atoms with Crippen LogP contribution in [0.4, 0.5) is 11.4 Å². The number of benzene rings is 2. The van der Waals surface area contributed by atoms with Crippen LogP contribution in [0.2, 0.25) is 10.0 Å². The van der Waals surface area contributed by atoms with Crippen molar-refractivity contribution in [3.63, 3.8) is 0 Å². The Balaban J connectivity index is 1.64. The Morgan fingerprint density at radius 1 is 1.21 bits per heavy atom. The standard InChI is InChI=1S/C21H20Cl2N6O4S/c1-11(2)18(25-20(31)13-8-7-12(22)9-14(13)23)19-26-21(28-27-19)34-10-17(30)24-15-5-3-4-6-16(15)29(32)33/h3-9,11,18H,10H2,1-2H3,(H,24,30)(H,25,31)(H,26,27,28)/t18-/m0/s1. The third-order valence-electron chi connectivity index (χ3n) is 4.61. The number of para-hydroxylation sites is 2. The van der Waals surface area contributed by atoms with Crippen LogP contribution in [0.25, 0.3) is 0 Å². The molecule has 0 aliphatic heterocycles. The highest BCUT2D eigenvalue weighted by Gasteiger charge is 2.24. The van der Waals surface area contributed by atoms with E-state index >= 15 is 0 Å². The molecule has 13 heteroatoms. The van der Waals surface area contributed by atoms with Gasteiger partial charge >= 0.3 is 0 Å². The molecule has 2 amide bonds. The Bertz CT molecular complexity index is 1220. The molecular formula is C21H20Cl2N6O4S. The summed E-state index contributed by atoms with van der Waals surface area (Å²) in [6.45, 7) is 3.81. The molecule has 0 radical (unpaired) electrons. The summed E-state index contributed by atoms with van der Waals surface area (Å²) < 4.78 is 0. The third kappa shape index (κ3) is 6.46. The van der Waals surface area contributed by atoms with E-state index in [2.05, 4.69) is 25.8 Å². The topological polar surface area (TPSA) is 143 Å². The molecule has 178 valence electrons. The number of thioether (sulfide) groups is 1. The monoisotopic (exact) mass is 522 g/mol. The molecule has 2 aromatic carbocycles. The molecule has 0 bridgehead atoms. The lowest BCUT2D eigenvalue weighted by molar-refractivity contribution is -0.383. The Morgan fingerprint density at radius 2 is 1.94 bits per heavy atom. The fourth-order valence-electron chi connectivity index (χ4n) is 2.96. The molecule has 0 unspecified atom stereocenters. The number of aromatic nitrogens is 3. The van der Waals surface area contributed by atoms with Gasteiger partial charge in [0.15, 0.2) is 0 Å². The molecule has 0 spiro atoms. The van der Waals surface area contributed by atoms with Gasteiger partial charge in [-0.05, 0) is 30.2 Å². The van der Waals surface area contributed by atoms with Gasteiger partial charge in [-0.15, -0.1) is 5.10 Å². The average molecular weight is 523 g/mol. The van der Waals surface area contributed by atoms with E-state index in [9.17, 15) is 19.7 Å². The van der Waals surface area contributed by atoms with Crippen molar-refractivity contribution >= 4 is 58.2 Å². The van der Waals surface area contributed by atoms with Crippen LogP contribution >= 0.6 is 35.0 Å². The number of amides is 2. The minimum Gasteiger partial charge on any atom is -0.342 e. The van der Waals surface area contributed by atoms with E-state index in [4.69, 9.17) is 23.2 Å². The summed E-state index contributed by atoms with van der Waals surface area (Å²) >= 11 is 13.1. The zero-order valence-electron chi connectivity index (χ0n) is 18.0. The van der Waals surface area contributed by atoms with E-state index in [-0.39, 0.29) is 38.8 Å². The largest absolute Gasteiger partial charge is 0.342 e. The maximum atomic E-state index is 12.7. The van der Waals surface area contributed by atoms with E-state index in [1.807, 2.05) is 13.8 Å². The van der Waals surface area contributed by atoms with E-state index < -0.39 is 22.8 Å². The van der Waals surface area contributed by atoms with Crippen molar-refractivity contribution in [2.24, 2.45) is 5.92 Å². The van der Waals surface area contributed by atoms with Gasteiger partial charge < -0.3 is 10.6 Å². The van der Waals surface area contributed by atoms with Gasteiger partial charge in [-0.3, -0.25) is 24.8 Å². The lowest BCUT2D eigenvalue weighted by Crippen LogP contribution is -2.32. The number of nitrogens with zero attached hydrogens (tertiary/aromatic N) is 3. The molecule has 0 fully saturated rings. The van der Waals surface area contributed by atoms with Crippen LogP contribution in [0, 0.1) is 16.0 Å². The maximum absolute atomic E-state index is 12.7. The first-order valence-electron chi connectivity index (χ1n) is 10.00. The molecule has 3 aromatic rings. The molecule has 1 atom stereocenters. The Labute approximate surface area is 209 Å². The van der Waals surface area contributed by atoms with Gasteiger partial charge in [0, 0.05) is 11.1 Å². The molecule has 0 aliphatic rings. The summed E-state index contributed by atoms with van der Waals surface area (Å²) in [7, 11) is 0. The molecule has 3 N–H and O–H groups in total. The van der Waals surface area contributed by atoms with Crippen molar-refractivity contribution in [2.45, 2.75) is 25.0 Å². The van der Waals surface area contributed by atoms with Crippen LogP contribution in [0.15, 0.2) is 47.6 Å². The van der Waals surface area contributed by atoms with Gasteiger partial charge in [0.2, 0.25) is 11.1 Å². The molecule has 10 nitrogen and oxygen atoms in total. The van der Waals surface area contributed by atoms with Crippen LogP contribution in [-0.2, 0) is 4.79 Å². The zero-order valence-corrected chi connectivity index (χ0v) is 20.4. The van der Waals surface area contributed by atoms with Crippen molar-refractivity contribution in [1.82, 2.24) is 20.5 Å². The van der Waals surface area contributed by atoms with Gasteiger partial charge in [0.25, 0.3) is 11.6 Å². The number of nitro groups is 1. The van der Waals surface area contributed by atoms with E-state index in [1.54, 1.807) is 12.1 Å². The lowest BCUT2D eigenvalue weighted by Gasteiger charge is -2.20. The molecule has 0 aliphatic carbocycles. The third-order valence-corrected chi connectivity index (χ3v) is 6.01. The fraction of sp³-hybridized carbons (Fsp3) is 0.238. The summed E-state index contributed by atoms with van der Waals surface area (Å²) in [5.41, 5.74) is 0.187. The van der Waals surface area contributed by atoms with E-state index in [0.717, 1.165) is 11.8 Å². The SMILES string of the molecule is CC(C)[C@H](NC(=O)c1ccc(Cl)cc1Cl)c1nc(SCC(=O)Nc2ccccc2[N+](=O)[O-])n[nH]1. The highest BCUT2D eigenvalue weighted by Crippen LogP contribution is 2.26. The summed E-state index contributed by atoms with van der Waals surface area (Å²) in [5.74, 6) is -0.535. The number of hydrogen-bond acceptors (Lipinski definition) is 7. The van der Waals surface area contributed by atoms with Gasteiger partial charge in [0.1, 0.15) is 11.5 Å². The molecule has 1 aromatic heterocycles. The number of carbonyl (C=O) groups is 2. The van der Waals surface area contributed by atoms with Gasteiger partial charge in [-0.2, -0.15) is 0 Å². The Morgan fingerprint density at radius 3 is 2.62 bits per heavy atom. The second kappa shape index (κ2) is 11.3. The predicted molar refractivity (Wildman–Crippen MR) is 130 cm³/mol. The number of carbonyl (C=O) groups excluding carboxylic acids is 2. The number of H-pyrrole nitrogens is 1. The van der Waals surface area contributed by atoms with Crippen LogP contribution in [-0.4, -0.2) is 37.7 Å². The van der Waals surface area contributed by atoms with Crippen LogP contribution in [0.1, 0.15) is 36.1 Å². The minimum atomic E-state index is -0.568. The van der Waals surface area contributed by atoms with Crippen LogP contribution in [0.5, 0.6) is 0 Å². The van der Waals surface area contributed by atoms with E-state index in [0.29, 0.717) is 10.8 Å². The number of nitrogens with one attached hydrogen (secondary N) is 3. The predicted octanol–water partition coefficient (Wildman–Crippen LogP) is 4.88. The summed E-state index contributed by atoms with van der Waals surface area (Å²) in [4.78, 5) is 39.9. The fourth-order valence-corrected chi connectivity index (χ4v) is 4.06. The maximum Gasteiger partial charge on any atom is 0.292 e. The van der Waals surface area contributed by atoms with Crippen LogP contribution < -0.4 is 10.6 Å². The van der Waals surface area contributed by atoms with Crippen molar-refractivity contribution in [3.05, 3.63) is 74.0 Å². The number of rotatable bonds is 9. The van der Waals surface area contributed by atoms with Crippen molar-refractivity contribution in [2.75, 3.05) is 11.1 Å². The van der Waals surface area contributed by atoms with Crippen LogP contribution in [0.3, 0.4) is 0 Å². The van der Waals surface area contributed by atoms with Gasteiger partial charge in [-0.25, -0.2) is 4.98 Å². The van der Waals surface area contributed by atoms with Gasteiger partial charge in [0.05, 0.1) is 27.3 Å². The smallest absolute Gasteiger partial charge is 0.292 e. The normalized spacial score (nSPS) is 11.8. The number of halogens is 2. The minimum absolute atomic E-state index is 0.0391. The highest BCUT2D eigenvalue weighted by atomic mass is 35.5. The first-order valence-corrected chi connectivity index (χ1v) is 11.7. The molecule has 0 saturated carbocycles. The number of nitro benzene ring substituents is 1. The summed E-state index contributed by atoms with van der Waals surface area (Å²) in [5, 5.41) is 24.3. The second-order valence-electron chi connectivity index (χ2n) is 7.43. The molecule has 0 saturated heterocycles. The summed E-state index contributed by atoms with van der Waals surface area (Å²) in [6.07, 6.45) is 0. The zero-order chi connectivity index (χ0) is 24.8. The first-order chi connectivity index (χ1) is 16.2. The Hall–Kier alpha value is -3.15. The second-order valence-corrected chi connectivity index (χ2v) is 9.22. The average Bonchev–Trinajstić information content (AvgIpc) is 3.24. The lowest BCUT2D eigenvalue weighted by atomic mass is 10.0. The van der Waals surface area contributed by atoms with Crippen molar-refractivity contribution in [1.29, 1.82) is 0 Å². The Kier molecular flexibility index (Phi) is 8.48. The molecule has 3 rings (SSSR count). The summed E-state index contributed by atoms with van der Waals surface area (Å²) in [6, 6.07) is 9.97. The molecule has 1 heterocycles.